The number of halogens is 1. The second kappa shape index (κ2) is 10.9. The van der Waals surface area contributed by atoms with Crippen LogP contribution in [0.15, 0.2) is 23.1 Å². The van der Waals surface area contributed by atoms with Crippen molar-refractivity contribution in [1.82, 2.24) is 14.5 Å². The average Bonchev–Trinajstić information content (AvgIpc) is 3.03. The van der Waals surface area contributed by atoms with E-state index in [1.54, 1.807) is 6.07 Å². The van der Waals surface area contributed by atoms with Crippen molar-refractivity contribution in [3.05, 3.63) is 28.8 Å². The van der Waals surface area contributed by atoms with Crippen molar-refractivity contribution in [2.75, 3.05) is 39.3 Å². The molecule has 0 atom stereocenters. The van der Waals surface area contributed by atoms with E-state index in [1.807, 2.05) is 0 Å². The van der Waals surface area contributed by atoms with Gasteiger partial charge in [-0.25, -0.2) is 8.42 Å². The van der Waals surface area contributed by atoms with Crippen molar-refractivity contribution in [2.24, 2.45) is 5.92 Å². The summed E-state index contributed by atoms with van der Waals surface area (Å²) < 4.78 is 27.7. The van der Waals surface area contributed by atoms with Gasteiger partial charge in [-0.05, 0) is 75.9 Å². The zero-order valence-electron chi connectivity index (χ0n) is 17.9. The normalized spacial score (nSPS) is 20.1. The van der Waals surface area contributed by atoms with E-state index in [9.17, 15) is 13.2 Å². The molecular weight excluding hydrogens is 422 g/mol. The van der Waals surface area contributed by atoms with E-state index in [0.29, 0.717) is 25.2 Å². The summed E-state index contributed by atoms with van der Waals surface area (Å²) in [5.74, 6) is 0.553. The van der Waals surface area contributed by atoms with Gasteiger partial charge in [0.15, 0.2) is 0 Å². The first kappa shape index (κ1) is 23.5. The molecule has 2 saturated heterocycles. The minimum absolute atomic E-state index is 0.0288. The lowest BCUT2D eigenvalue weighted by Crippen LogP contribution is -2.35. The summed E-state index contributed by atoms with van der Waals surface area (Å²) >= 11 is 6.23. The molecule has 2 aliphatic heterocycles. The molecule has 168 valence electrons. The number of hydrogen-bond donors (Lipinski definition) is 1. The Morgan fingerprint density at radius 2 is 1.77 bits per heavy atom. The van der Waals surface area contributed by atoms with E-state index in [4.69, 9.17) is 11.6 Å². The van der Waals surface area contributed by atoms with Gasteiger partial charge in [-0.1, -0.05) is 31.4 Å². The van der Waals surface area contributed by atoms with Gasteiger partial charge in [0.05, 0.1) is 5.02 Å². The second-order valence-electron chi connectivity index (χ2n) is 8.60. The van der Waals surface area contributed by atoms with Gasteiger partial charge >= 0.3 is 0 Å². The van der Waals surface area contributed by atoms with Crippen LogP contribution in [-0.2, 0) is 10.0 Å². The van der Waals surface area contributed by atoms with Crippen LogP contribution in [0.3, 0.4) is 0 Å². The fraction of sp³-hybridized carbons (Fsp3) is 0.682. The minimum Gasteiger partial charge on any atom is -0.352 e. The first-order chi connectivity index (χ1) is 14.4. The van der Waals surface area contributed by atoms with Crippen LogP contribution in [0.1, 0.15) is 62.2 Å². The molecule has 2 fully saturated rings. The van der Waals surface area contributed by atoms with Crippen LogP contribution in [-0.4, -0.2) is 62.8 Å². The summed E-state index contributed by atoms with van der Waals surface area (Å²) in [6.07, 6.45) is 7.15. The van der Waals surface area contributed by atoms with Crippen molar-refractivity contribution in [3.63, 3.8) is 0 Å². The molecule has 2 aliphatic rings. The highest BCUT2D eigenvalue weighted by Crippen LogP contribution is 2.27. The quantitative estimate of drug-likeness (QED) is 0.635. The van der Waals surface area contributed by atoms with Gasteiger partial charge in [-0.3, -0.25) is 4.79 Å². The molecule has 3 rings (SSSR count). The molecule has 1 aromatic carbocycles. The zero-order chi connectivity index (χ0) is 21.6. The number of carbonyl (C=O) groups is 1. The Morgan fingerprint density at radius 1 is 1.10 bits per heavy atom. The van der Waals surface area contributed by atoms with Crippen molar-refractivity contribution >= 4 is 27.5 Å². The molecule has 0 saturated carbocycles. The number of hydrogen-bond acceptors (Lipinski definition) is 4. The Hall–Kier alpha value is -1.15. The van der Waals surface area contributed by atoms with Crippen LogP contribution in [0.5, 0.6) is 0 Å². The van der Waals surface area contributed by atoms with Crippen molar-refractivity contribution in [3.8, 4) is 0 Å². The highest BCUT2D eigenvalue weighted by Gasteiger charge is 2.28. The lowest BCUT2D eigenvalue weighted by Gasteiger charge is -2.30. The molecule has 1 amide bonds. The maximum Gasteiger partial charge on any atom is 0.251 e. The molecule has 1 aromatic rings. The molecule has 0 unspecified atom stereocenters. The number of likely N-dealkylation sites (tertiary alicyclic amines) is 1. The third-order valence-electron chi connectivity index (χ3n) is 6.19. The molecule has 0 radical (unpaired) electrons. The molecule has 0 aromatic heterocycles. The van der Waals surface area contributed by atoms with Gasteiger partial charge in [0.25, 0.3) is 5.91 Å². The van der Waals surface area contributed by atoms with Gasteiger partial charge in [-0.15, -0.1) is 0 Å². The topological polar surface area (TPSA) is 69.7 Å². The van der Waals surface area contributed by atoms with Crippen molar-refractivity contribution < 1.29 is 13.2 Å². The fourth-order valence-electron chi connectivity index (χ4n) is 4.16. The third kappa shape index (κ3) is 6.19. The Balaban J connectivity index is 1.57. The Bertz CT molecular complexity index is 815. The average molecular weight is 456 g/mol. The van der Waals surface area contributed by atoms with Gasteiger partial charge in [0.1, 0.15) is 4.90 Å². The molecule has 8 heteroatoms. The van der Waals surface area contributed by atoms with Gasteiger partial charge in [0, 0.05) is 25.2 Å². The first-order valence-corrected chi connectivity index (χ1v) is 13.0. The highest BCUT2D eigenvalue weighted by atomic mass is 35.5. The second-order valence-corrected chi connectivity index (χ2v) is 10.9. The summed E-state index contributed by atoms with van der Waals surface area (Å²) in [4.78, 5) is 15.1. The maximum atomic E-state index is 13.1. The van der Waals surface area contributed by atoms with E-state index >= 15 is 0 Å². The summed E-state index contributed by atoms with van der Waals surface area (Å²) in [6.45, 7) is 7.11. The number of sulfonamides is 1. The predicted molar refractivity (Wildman–Crippen MR) is 120 cm³/mol. The Morgan fingerprint density at radius 3 is 2.43 bits per heavy atom. The minimum atomic E-state index is -3.70. The standard InChI is InChI=1S/C22H34ClN3O3S/c1-18-9-15-25(16-10-18)12-6-11-24-22(27)19-7-8-20(23)21(17-19)30(28,29)26-13-4-2-3-5-14-26/h7-8,17-18H,2-6,9-16H2,1H3,(H,24,27). The van der Waals surface area contributed by atoms with Crippen LogP contribution in [0, 0.1) is 5.92 Å². The molecule has 1 N–H and O–H groups in total. The Kier molecular flexibility index (Phi) is 8.57. The number of benzene rings is 1. The summed E-state index contributed by atoms with van der Waals surface area (Å²) in [5, 5.41) is 3.08. The van der Waals surface area contributed by atoms with E-state index in [-0.39, 0.29) is 15.8 Å². The van der Waals surface area contributed by atoms with Gasteiger partial charge < -0.3 is 10.2 Å². The maximum absolute atomic E-state index is 13.1. The largest absolute Gasteiger partial charge is 0.352 e. The monoisotopic (exact) mass is 455 g/mol. The number of amides is 1. The first-order valence-electron chi connectivity index (χ1n) is 11.2. The van der Waals surface area contributed by atoms with Crippen molar-refractivity contribution in [2.45, 2.75) is 56.8 Å². The van der Waals surface area contributed by atoms with Crippen molar-refractivity contribution in [1.29, 1.82) is 0 Å². The number of carbonyl (C=O) groups excluding carboxylic acids is 1. The Labute approximate surface area is 186 Å². The lowest BCUT2D eigenvalue weighted by atomic mass is 9.99. The number of piperidine rings is 1. The summed E-state index contributed by atoms with van der Waals surface area (Å²) in [7, 11) is -3.70. The van der Waals surface area contributed by atoms with Crippen LogP contribution < -0.4 is 5.32 Å². The molecule has 0 bridgehead atoms. The van der Waals surface area contributed by atoms with Crippen LogP contribution in [0.4, 0.5) is 0 Å². The molecule has 6 nitrogen and oxygen atoms in total. The van der Waals surface area contributed by atoms with Gasteiger partial charge in [0.2, 0.25) is 10.0 Å². The number of nitrogens with zero attached hydrogens (tertiary/aromatic N) is 2. The molecule has 0 aliphatic carbocycles. The lowest BCUT2D eigenvalue weighted by molar-refractivity contribution is 0.0950. The summed E-state index contributed by atoms with van der Waals surface area (Å²) in [5.41, 5.74) is 0.333. The fourth-order valence-corrected chi connectivity index (χ4v) is 6.17. The number of nitrogens with one attached hydrogen (secondary N) is 1. The molecule has 0 spiro atoms. The van der Waals surface area contributed by atoms with Gasteiger partial charge in [-0.2, -0.15) is 4.31 Å². The number of rotatable bonds is 7. The van der Waals surface area contributed by atoms with E-state index in [1.165, 1.54) is 29.3 Å². The van der Waals surface area contributed by atoms with Crippen LogP contribution in [0.2, 0.25) is 5.02 Å². The molecule has 30 heavy (non-hydrogen) atoms. The molecular formula is C22H34ClN3O3S. The van der Waals surface area contributed by atoms with Crippen LogP contribution >= 0.6 is 11.6 Å². The zero-order valence-corrected chi connectivity index (χ0v) is 19.5. The SMILES string of the molecule is CC1CCN(CCCNC(=O)c2ccc(Cl)c(S(=O)(=O)N3CCCCCC3)c2)CC1. The summed E-state index contributed by atoms with van der Waals surface area (Å²) in [6, 6.07) is 4.52. The van der Waals surface area contributed by atoms with E-state index in [2.05, 4.69) is 17.1 Å². The van der Waals surface area contributed by atoms with Crippen LogP contribution in [0.25, 0.3) is 0 Å². The smallest absolute Gasteiger partial charge is 0.251 e. The molecule has 2 heterocycles. The van der Waals surface area contributed by atoms with E-state index < -0.39 is 10.0 Å². The predicted octanol–water partition coefficient (Wildman–Crippen LogP) is 3.76. The van der Waals surface area contributed by atoms with E-state index in [0.717, 1.165) is 57.7 Å². The highest BCUT2D eigenvalue weighted by molar-refractivity contribution is 7.89. The third-order valence-corrected chi connectivity index (χ3v) is 8.57.